The third-order valence-corrected chi connectivity index (χ3v) is 4.32. The summed E-state index contributed by atoms with van der Waals surface area (Å²) in [6.45, 7) is 0.0792. The molecular weight excluding hydrogens is 395 g/mol. The molecule has 6 nitrogen and oxygen atoms in total. The van der Waals surface area contributed by atoms with Crippen molar-refractivity contribution in [2.45, 2.75) is 12.1 Å². The molecule has 0 radical (unpaired) electrons. The van der Waals surface area contributed by atoms with Gasteiger partial charge in [-0.05, 0) is 17.7 Å². The molecule has 0 aliphatic carbocycles. The predicted molar refractivity (Wildman–Crippen MR) is 95.9 cm³/mol. The normalized spacial score (nSPS) is 12.6. The Labute approximate surface area is 163 Å². The molecule has 0 saturated heterocycles. The van der Waals surface area contributed by atoms with Crippen LogP contribution < -0.4 is 5.32 Å². The largest absolute Gasteiger partial charge is 0.451 e. The van der Waals surface area contributed by atoms with Gasteiger partial charge in [0.05, 0.1) is 22.6 Å². The number of imidazole rings is 1. The van der Waals surface area contributed by atoms with Crippen molar-refractivity contribution in [1.29, 1.82) is 0 Å². The van der Waals surface area contributed by atoms with Gasteiger partial charge >= 0.3 is 6.18 Å². The molecule has 2 heterocycles. The van der Waals surface area contributed by atoms with Gasteiger partial charge in [-0.25, -0.2) is 15.0 Å². The van der Waals surface area contributed by atoms with Crippen molar-refractivity contribution in [1.82, 2.24) is 24.8 Å². The van der Waals surface area contributed by atoms with Crippen molar-refractivity contribution in [2.75, 3.05) is 6.54 Å². The minimum Gasteiger partial charge on any atom is -0.351 e. The number of carbonyl (C=O) groups excluding carboxylic acids is 1. The van der Waals surface area contributed by atoms with Gasteiger partial charge in [-0.1, -0.05) is 23.7 Å². The molecule has 1 atom stereocenters. The quantitative estimate of drug-likeness (QED) is 0.700. The van der Waals surface area contributed by atoms with Gasteiger partial charge in [-0.2, -0.15) is 13.2 Å². The average Bonchev–Trinajstić information content (AvgIpc) is 3.08. The molecule has 1 aromatic carbocycles. The fourth-order valence-corrected chi connectivity index (χ4v) is 2.83. The molecule has 0 bridgehead atoms. The molecule has 0 aliphatic rings. The maximum absolute atomic E-state index is 12.7. The van der Waals surface area contributed by atoms with Crippen LogP contribution in [0.3, 0.4) is 0 Å². The Hall–Kier alpha value is -2.94. The van der Waals surface area contributed by atoms with Crippen molar-refractivity contribution >= 4 is 17.5 Å². The highest BCUT2D eigenvalue weighted by Gasteiger charge is 2.34. The van der Waals surface area contributed by atoms with Crippen molar-refractivity contribution in [3.05, 3.63) is 76.9 Å². The number of hydrogen-bond acceptors (Lipinski definition) is 4. The summed E-state index contributed by atoms with van der Waals surface area (Å²) in [7, 11) is 1.76. The zero-order chi connectivity index (χ0) is 20.3. The molecule has 3 aromatic rings. The van der Waals surface area contributed by atoms with Gasteiger partial charge in [0.15, 0.2) is 0 Å². The molecule has 0 spiro atoms. The summed E-state index contributed by atoms with van der Waals surface area (Å²) >= 11 is 6.03. The summed E-state index contributed by atoms with van der Waals surface area (Å²) < 4.78 is 39.8. The standard InChI is InChI=1S/C18H15ClF3N5O/c1-27-9-15(26-10-27)13(11-6-24-17(25-7-11)18(20,21)22)8-23-16(28)12-4-2-3-5-14(12)19/h2-7,9-10,13H,8H2,1H3,(H,23,28). The number of hydrogen-bond donors (Lipinski definition) is 1. The second kappa shape index (κ2) is 7.97. The van der Waals surface area contributed by atoms with E-state index in [1.807, 2.05) is 0 Å². The minimum absolute atomic E-state index is 0.0792. The summed E-state index contributed by atoms with van der Waals surface area (Å²) in [5.74, 6) is -2.16. The Kier molecular flexibility index (Phi) is 5.64. The van der Waals surface area contributed by atoms with E-state index in [4.69, 9.17) is 11.6 Å². The van der Waals surface area contributed by atoms with E-state index < -0.39 is 23.8 Å². The fraction of sp³-hybridized carbons (Fsp3) is 0.222. The SMILES string of the molecule is Cn1cnc(C(CNC(=O)c2ccccc2Cl)c2cnc(C(F)(F)F)nc2)c1. The molecule has 0 aliphatic heterocycles. The van der Waals surface area contributed by atoms with Crippen molar-refractivity contribution < 1.29 is 18.0 Å². The highest BCUT2D eigenvalue weighted by atomic mass is 35.5. The second-order valence-electron chi connectivity index (χ2n) is 6.04. The van der Waals surface area contributed by atoms with Crippen molar-refractivity contribution in [3.63, 3.8) is 0 Å². The Morgan fingerprint density at radius 3 is 2.46 bits per heavy atom. The van der Waals surface area contributed by atoms with Crippen LogP contribution in [-0.2, 0) is 13.2 Å². The molecule has 1 N–H and O–H groups in total. The molecule has 3 rings (SSSR count). The number of rotatable bonds is 5. The van der Waals surface area contributed by atoms with Gasteiger partial charge in [0.2, 0.25) is 5.82 Å². The van der Waals surface area contributed by atoms with E-state index in [0.717, 1.165) is 12.4 Å². The van der Waals surface area contributed by atoms with E-state index in [1.54, 1.807) is 48.4 Å². The zero-order valence-corrected chi connectivity index (χ0v) is 15.4. The van der Waals surface area contributed by atoms with Gasteiger partial charge in [-0.15, -0.1) is 0 Å². The predicted octanol–water partition coefficient (Wildman–Crippen LogP) is 3.44. The number of alkyl halides is 3. The summed E-state index contributed by atoms with van der Waals surface area (Å²) in [6.07, 6.45) is 0.831. The number of aryl methyl sites for hydroxylation is 1. The van der Waals surface area contributed by atoms with Gasteiger partial charge in [0.25, 0.3) is 5.91 Å². The molecule has 0 fully saturated rings. The third kappa shape index (κ3) is 4.48. The Morgan fingerprint density at radius 1 is 1.21 bits per heavy atom. The molecule has 10 heteroatoms. The highest BCUT2D eigenvalue weighted by Crippen LogP contribution is 2.27. The van der Waals surface area contributed by atoms with E-state index in [-0.39, 0.29) is 6.54 Å². The van der Waals surface area contributed by atoms with E-state index in [9.17, 15) is 18.0 Å². The van der Waals surface area contributed by atoms with Gasteiger partial charge < -0.3 is 9.88 Å². The summed E-state index contributed by atoms with van der Waals surface area (Å²) in [5.41, 5.74) is 1.25. The topological polar surface area (TPSA) is 72.7 Å². The van der Waals surface area contributed by atoms with Crippen LogP contribution in [0.4, 0.5) is 13.2 Å². The van der Waals surface area contributed by atoms with Crippen LogP contribution >= 0.6 is 11.6 Å². The number of halogens is 4. The lowest BCUT2D eigenvalue weighted by atomic mass is 9.98. The third-order valence-electron chi connectivity index (χ3n) is 3.99. The van der Waals surface area contributed by atoms with Crippen LogP contribution in [0, 0.1) is 0 Å². The van der Waals surface area contributed by atoms with Crippen LogP contribution in [0.1, 0.15) is 33.4 Å². The Morgan fingerprint density at radius 2 is 1.89 bits per heavy atom. The van der Waals surface area contributed by atoms with Gasteiger partial charge in [0.1, 0.15) is 0 Å². The van der Waals surface area contributed by atoms with E-state index in [0.29, 0.717) is 21.8 Å². The first-order chi connectivity index (χ1) is 13.3. The van der Waals surface area contributed by atoms with Crippen LogP contribution in [0.25, 0.3) is 0 Å². The monoisotopic (exact) mass is 409 g/mol. The van der Waals surface area contributed by atoms with Crippen LogP contribution in [0.2, 0.25) is 5.02 Å². The number of aromatic nitrogens is 4. The minimum atomic E-state index is -4.63. The Balaban J connectivity index is 1.84. The molecule has 1 amide bonds. The summed E-state index contributed by atoms with van der Waals surface area (Å²) in [5, 5.41) is 3.04. The van der Waals surface area contributed by atoms with Gasteiger partial charge in [0, 0.05) is 38.1 Å². The zero-order valence-electron chi connectivity index (χ0n) is 14.6. The first-order valence-corrected chi connectivity index (χ1v) is 8.53. The van der Waals surface area contributed by atoms with Crippen molar-refractivity contribution in [2.24, 2.45) is 7.05 Å². The number of benzene rings is 1. The smallest absolute Gasteiger partial charge is 0.351 e. The average molecular weight is 410 g/mol. The van der Waals surface area contributed by atoms with Crippen molar-refractivity contribution in [3.8, 4) is 0 Å². The lowest BCUT2D eigenvalue weighted by Gasteiger charge is -2.16. The maximum atomic E-state index is 12.7. The maximum Gasteiger partial charge on any atom is 0.451 e. The molecule has 1 unspecified atom stereocenters. The fourth-order valence-electron chi connectivity index (χ4n) is 2.61. The second-order valence-corrected chi connectivity index (χ2v) is 6.45. The lowest BCUT2D eigenvalue weighted by molar-refractivity contribution is -0.145. The molecular formula is C18H15ClF3N5O. The van der Waals surface area contributed by atoms with E-state index >= 15 is 0 Å². The lowest BCUT2D eigenvalue weighted by Crippen LogP contribution is -2.29. The molecule has 0 saturated carbocycles. The van der Waals surface area contributed by atoms with Crippen LogP contribution in [0.15, 0.2) is 49.2 Å². The summed E-state index contributed by atoms with van der Waals surface area (Å²) in [4.78, 5) is 23.5. The van der Waals surface area contributed by atoms with Gasteiger partial charge in [-0.3, -0.25) is 4.79 Å². The number of amides is 1. The molecule has 28 heavy (non-hydrogen) atoms. The molecule has 146 valence electrons. The highest BCUT2D eigenvalue weighted by molar-refractivity contribution is 6.33. The first kappa shape index (κ1) is 19.8. The molecule has 2 aromatic heterocycles. The Bertz CT molecular complexity index is 972. The summed E-state index contributed by atoms with van der Waals surface area (Å²) in [6, 6.07) is 6.56. The van der Waals surface area contributed by atoms with Crippen LogP contribution in [0.5, 0.6) is 0 Å². The number of carbonyl (C=O) groups is 1. The first-order valence-electron chi connectivity index (χ1n) is 8.15. The van der Waals surface area contributed by atoms with Crippen LogP contribution in [-0.4, -0.2) is 32.0 Å². The van der Waals surface area contributed by atoms with E-state index in [2.05, 4.69) is 20.3 Å². The van der Waals surface area contributed by atoms with E-state index in [1.165, 1.54) is 0 Å². The number of nitrogens with zero attached hydrogens (tertiary/aromatic N) is 4. The number of nitrogens with one attached hydrogen (secondary N) is 1.